The van der Waals surface area contributed by atoms with Gasteiger partial charge in [-0.3, -0.25) is 9.48 Å². The van der Waals surface area contributed by atoms with Gasteiger partial charge >= 0.3 is 0 Å². The zero-order valence-electron chi connectivity index (χ0n) is 13.2. The number of thioether (sulfide) groups is 1. The lowest BCUT2D eigenvalue weighted by atomic mass is 10.3. The molecular weight excluding hydrogens is 300 g/mol. The summed E-state index contributed by atoms with van der Waals surface area (Å²) in [5.41, 5.74) is 1.81. The fraction of sp³-hybridized carbons (Fsp3) is 0.500. The molecular formula is C14H20N6OS. The molecule has 2 aromatic rings. The van der Waals surface area contributed by atoms with Crippen LogP contribution in [0.1, 0.15) is 24.1 Å². The van der Waals surface area contributed by atoms with E-state index < -0.39 is 0 Å². The molecule has 1 atom stereocenters. The quantitative estimate of drug-likeness (QED) is 0.633. The molecule has 0 unspecified atom stereocenters. The molecule has 0 spiro atoms. The molecule has 118 valence electrons. The Bertz CT molecular complexity index is 636. The Hall–Kier alpha value is -1.96. The van der Waals surface area contributed by atoms with Crippen LogP contribution >= 0.6 is 11.8 Å². The maximum atomic E-state index is 12.1. The van der Waals surface area contributed by atoms with Gasteiger partial charge in [-0.05, 0) is 26.8 Å². The third kappa shape index (κ3) is 4.52. The highest BCUT2D eigenvalue weighted by Gasteiger charge is 2.16. The van der Waals surface area contributed by atoms with Crippen molar-refractivity contribution >= 4 is 17.7 Å². The van der Waals surface area contributed by atoms with Crippen LogP contribution in [0.2, 0.25) is 0 Å². The zero-order valence-corrected chi connectivity index (χ0v) is 14.0. The second kappa shape index (κ2) is 7.35. The fourth-order valence-electron chi connectivity index (χ4n) is 1.95. The predicted molar refractivity (Wildman–Crippen MR) is 84.5 cm³/mol. The van der Waals surface area contributed by atoms with Gasteiger partial charge in [-0.25, -0.2) is 15.0 Å². The Kier molecular flexibility index (Phi) is 5.48. The fourth-order valence-corrected chi connectivity index (χ4v) is 2.85. The molecule has 8 heteroatoms. The molecule has 22 heavy (non-hydrogen) atoms. The standard InChI is InChI=1S/C14H20N6OS/c1-9-7-10(2)19-14(18-9)22-11(3)13(21)15-6-5-12-16-8-17-20(12)4/h7-8,11H,5-6H2,1-4H3,(H,15,21)/t11-/m0/s1. The van der Waals surface area contributed by atoms with Crippen LogP contribution in [0.5, 0.6) is 0 Å². The number of amides is 1. The minimum Gasteiger partial charge on any atom is -0.355 e. The van der Waals surface area contributed by atoms with Gasteiger partial charge < -0.3 is 5.32 Å². The topological polar surface area (TPSA) is 85.6 Å². The third-order valence-corrected chi connectivity index (χ3v) is 4.03. The van der Waals surface area contributed by atoms with Crippen molar-refractivity contribution < 1.29 is 4.79 Å². The van der Waals surface area contributed by atoms with Gasteiger partial charge in [0.15, 0.2) is 5.16 Å². The van der Waals surface area contributed by atoms with E-state index in [9.17, 15) is 4.79 Å². The van der Waals surface area contributed by atoms with Gasteiger partial charge in [-0.2, -0.15) is 5.10 Å². The SMILES string of the molecule is Cc1cc(C)nc(S[C@@H](C)C(=O)NCCc2ncnn2C)n1. The molecule has 0 saturated carbocycles. The summed E-state index contributed by atoms with van der Waals surface area (Å²) < 4.78 is 1.70. The van der Waals surface area contributed by atoms with Crippen LogP contribution in [0, 0.1) is 13.8 Å². The van der Waals surface area contributed by atoms with Gasteiger partial charge in [0.05, 0.1) is 5.25 Å². The Morgan fingerprint density at radius 1 is 1.36 bits per heavy atom. The monoisotopic (exact) mass is 320 g/mol. The largest absolute Gasteiger partial charge is 0.355 e. The van der Waals surface area contributed by atoms with Gasteiger partial charge in [0.1, 0.15) is 12.2 Å². The second-order valence-electron chi connectivity index (χ2n) is 5.03. The normalized spacial score (nSPS) is 12.2. The van der Waals surface area contributed by atoms with E-state index in [1.165, 1.54) is 18.1 Å². The number of carbonyl (C=O) groups is 1. The first-order valence-electron chi connectivity index (χ1n) is 7.05. The van der Waals surface area contributed by atoms with Crippen molar-refractivity contribution in [2.24, 2.45) is 7.05 Å². The summed E-state index contributed by atoms with van der Waals surface area (Å²) in [5.74, 6) is 0.813. The van der Waals surface area contributed by atoms with Crippen molar-refractivity contribution in [1.82, 2.24) is 30.0 Å². The van der Waals surface area contributed by atoms with Crippen molar-refractivity contribution in [3.63, 3.8) is 0 Å². The highest BCUT2D eigenvalue weighted by Crippen LogP contribution is 2.20. The van der Waals surface area contributed by atoms with Crippen LogP contribution in [0.25, 0.3) is 0 Å². The minimum absolute atomic E-state index is 0.0325. The summed E-state index contributed by atoms with van der Waals surface area (Å²) in [7, 11) is 1.83. The lowest BCUT2D eigenvalue weighted by Gasteiger charge is -2.11. The zero-order chi connectivity index (χ0) is 16.1. The number of aromatic nitrogens is 5. The average Bonchev–Trinajstić information content (AvgIpc) is 2.83. The summed E-state index contributed by atoms with van der Waals surface area (Å²) in [5, 5.41) is 7.28. The van der Waals surface area contributed by atoms with Crippen LogP contribution in [-0.2, 0) is 18.3 Å². The molecule has 0 aliphatic carbocycles. The Balaban J connectivity index is 1.83. The van der Waals surface area contributed by atoms with E-state index in [1.54, 1.807) is 4.68 Å². The molecule has 0 aromatic carbocycles. The molecule has 2 heterocycles. The molecule has 0 fully saturated rings. The maximum absolute atomic E-state index is 12.1. The van der Waals surface area contributed by atoms with Gasteiger partial charge in [0.2, 0.25) is 5.91 Å². The van der Waals surface area contributed by atoms with Gasteiger partial charge in [0, 0.05) is 31.4 Å². The highest BCUT2D eigenvalue weighted by molar-refractivity contribution is 8.00. The Labute approximate surface area is 134 Å². The van der Waals surface area contributed by atoms with Gasteiger partial charge in [-0.1, -0.05) is 11.8 Å². The van der Waals surface area contributed by atoms with Crippen LogP contribution in [0.15, 0.2) is 17.6 Å². The number of nitrogens with zero attached hydrogens (tertiary/aromatic N) is 5. The molecule has 0 aliphatic heterocycles. The smallest absolute Gasteiger partial charge is 0.233 e. The number of nitrogens with one attached hydrogen (secondary N) is 1. The molecule has 7 nitrogen and oxygen atoms in total. The molecule has 0 saturated heterocycles. The summed E-state index contributed by atoms with van der Waals surface area (Å²) in [6.07, 6.45) is 2.16. The molecule has 0 bridgehead atoms. The minimum atomic E-state index is -0.249. The van der Waals surface area contributed by atoms with Gasteiger partial charge in [0.25, 0.3) is 0 Å². The predicted octanol–water partition coefficient (Wildman–Crippen LogP) is 1.06. The number of hydrogen-bond donors (Lipinski definition) is 1. The van der Waals surface area contributed by atoms with E-state index in [0.29, 0.717) is 18.1 Å². The summed E-state index contributed by atoms with van der Waals surface area (Å²) >= 11 is 1.36. The Morgan fingerprint density at radius 2 is 2.05 bits per heavy atom. The van der Waals surface area contributed by atoms with Gasteiger partial charge in [-0.15, -0.1) is 0 Å². The van der Waals surface area contributed by atoms with E-state index in [-0.39, 0.29) is 11.2 Å². The Morgan fingerprint density at radius 3 is 2.64 bits per heavy atom. The number of rotatable bonds is 6. The van der Waals surface area contributed by atoms with Crippen molar-refractivity contribution in [1.29, 1.82) is 0 Å². The highest BCUT2D eigenvalue weighted by atomic mass is 32.2. The summed E-state index contributed by atoms with van der Waals surface area (Å²) in [4.78, 5) is 24.9. The lowest BCUT2D eigenvalue weighted by molar-refractivity contribution is -0.120. The van der Waals surface area contributed by atoms with Crippen molar-refractivity contribution in [2.45, 2.75) is 37.6 Å². The van der Waals surface area contributed by atoms with E-state index in [4.69, 9.17) is 0 Å². The van der Waals surface area contributed by atoms with E-state index in [1.807, 2.05) is 33.9 Å². The molecule has 1 N–H and O–H groups in total. The first kappa shape index (κ1) is 16.4. The van der Waals surface area contributed by atoms with Crippen molar-refractivity contribution in [3.8, 4) is 0 Å². The molecule has 2 aromatic heterocycles. The molecule has 0 radical (unpaired) electrons. The molecule has 0 aliphatic rings. The van der Waals surface area contributed by atoms with Crippen molar-refractivity contribution in [2.75, 3.05) is 6.54 Å². The molecule has 1 amide bonds. The maximum Gasteiger partial charge on any atom is 0.233 e. The van der Waals surface area contributed by atoms with Crippen LogP contribution < -0.4 is 5.32 Å². The summed E-state index contributed by atoms with van der Waals surface area (Å²) in [6.45, 7) is 6.22. The van der Waals surface area contributed by atoms with Crippen LogP contribution in [0.4, 0.5) is 0 Å². The summed E-state index contributed by atoms with van der Waals surface area (Å²) in [6, 6.07) is 1.91. The third-order valence-electron chi connectivity index (χ3n) is 3.07. The number of hydrogen-bond acceptors (Lipinski definition) is 6. The van der Waals surface area contributed by atoms with Crippen LogP contribution in [0.3, 0.4) is 0 Å². The first-order valence-corrected chi connectivity index (χ1v) is 7.93. The molecule has 2 rings (SSSR count). The van der Waals surface area contributed by atoms with E-state index in [0.717, 1.165) is 17.2 Å². The first-order chi connectivity index (χ1) is 10.5. The van der Waals surface area contributed by atoms with Crippen molar-refractivity contribution in [3.05, 3.63) is 29.6 Å². The van der Waals surface area contributed by atoms with E-state index in [2.05, 4.69) is 25.4 Å². The van der Waals surface area contributed by atoms with Crippen LogP contribution in [-0.4, -0.2) is 42.4 Å². The number of carbonyl (C=O) groups excluding carboxylic acids is 1. The second-order valence-corrected chi connectivity index (χ2v) is 6.34. The lowest BCUT2D eigenvalue weighted by Crippen LogP contribution is -2.33. The average molecular weight is 320 g/mol. The van der Waals surface area contributed by atoms with E-state index >= 15 is 0 Å². The number of aryl methyl sites for hydroxylation is 3.